The van der Waals surface area contributed by atoms with Gasteiger partial charge in [-0.3, -0.25) is 19.2 Å². The molecule has 2 aliphatic heterocycles. The molecule has 1 saturated carbocycles. The summed E-state index contributed by atoms with van der Waals surface area (Å²) in [4.78, 5) is 82.2. The predicted molar refractivity (Wildman–Crippen MR) is 172 cm³/mol. The average Bonchev–Trinajstić information content (AvgIpc) is 3.32. The number of ether oxygens (including phenoxy) is 1. The van der Waals surface area contributed by atoms with Crippen LogP contribution in [0.25, 0.3) is 0 Å². The summed E-state index contributed by atoms with van der Waals surface area (Å²) in [6, 6.07) is -3.81. The lowest BCUT2D eigenvalue weighted by molar-refractivity contribution is -0.145. The van der Waals surface area contributed by atoms with Gasteiger partial charge in [0.2, 0.25) is 17.6 Å². The first-order chi connectivity index (χ1) is 21.4. The topological polar surface area (TPSA) is 166 Å². The fourth-order valence-corrected chi connectivity index (χ4v) is 6.57. The maximum Gasteiger partial charge on any atom is 0.410 e. The number of hydrogen-bond acceptors (Lipinski definition) is 7. The van der Waals surface area contributed by atoms with Gasteiger partial charge in [0.25, 0.3) is 5.91 Å². The molecule has 0 bridgehead atoms. The van der Waals surface area contributed by atoms with Gasteiger partial charge in [-0.15, -0.1) is 6.58 Å². The molecule has 0 aromatic rings. The molecule has 258 valence electrons. The monoisotopic (exact) mass is 646 g/mol. The molecule has 2 saturated heterocycles. The molecule has 3 fully saturated rings. The van der Waals surface area contributed by atoms with E-state index < -0.39 is 59.2 Å². The molecule has 3 rings (SSSR count). The Morgan fingerprint density at radius 3 is 2.33 bits per heavy atom. The minimum Gasteiger partial charge on any atom is -0.448 e. The Bertz CT molecular complexity index is 1200. The van der Waals surface area contributed by atoms with Crippen LogP contribution in [0, 0.1) is 28.6 Å². The van der Waals surface area contributed by atoms with Gasteiger partial charge in [-0.1, -0.05) is 74.3 Å². The molecule has 46 heavy (non-hydrogen) atoms. The van der Waals surface area contributed by atoms with Gasteiger partial charge in [-0.05, 0) is 35.0 Å². The molecular weight excluding hydrogens is 592 g/mol. The molecular formula is C33H54N6O7. The standard InChI is InChI=1S/C33H54N6O7/c1-10-12-13-21(25(40)28(42)34-14-11-2)35-27(41)24-23-20(33(23,8)9)17-39(24)29(43)26(32(5,6)7)37-30(44)36-22(19(3)4)18-38-15-16-46-31(38)45/h11,19-24,26H,2,10,12-18H2,1,3-9H3,(H,34,42)(H,35,41)(H2,36,37,44)/t20-,21?,22+,23-,24-,26+/m0/s1. The second-order valence-corrected chi connectivity index (χ2v) is 14.8. The highest BCUT2D eigenvalue weighted by Gasteiger charge is 2.70. The SMILES string of the molecule is C=CCNC(=O)C(=O)C(CCCC)NC(=O)[C@@H]1[C@@H]2[C@H](CN1C(=O)[C@@H](NC(=O)N[C@H](CN1CCOC1=O)C(C)C)C(C)(C)C)C2(C)C. The zero-order valence-corrected chi connectivity index (χ0v) is 28.7. The van der Waals surface area contributed by atoms with E-state index in [1.165, 1.54) is 11.0 Å². The Morgan fingerprint density at radius 1 is 1.11 bits per heavy atom. The van der Waals surface area contributed by atoms with Crippen molar-refractivity contribution in [3.8, 4) is 0 Å². The molecule has 3 aliphatic rings. The van der Waals surface area contributed by atoms with Gasteiger partial charge in [0.1, 0.15) is 18.7 Å². The van der Waals surface area contributed by atoms with Crippen molar-refractivity contribution in [1.82, 2.24) is 31.1 Å². The number of fused-ring (bicyclic) bond motifs is 1. The van der Waals surface area contributed by atoms with E-state index in [9.17, 15) is 28.8 Å². The number of carbonyl (C=O) groups excluding carboxylic acids is 6. The summed E-state index contributed by atoms with van der Waals surface area (Å²) in [5.74, 6) is -2.47. The number of nitrogens with zero attached hydrogens (tertiary/aromatic N) is 2. The highest BCUT2D eigenvalue weighted by molar-refractivity contribution is 6.38. The molecule has 0 spiro atoms. The summed E-state index contributed by atoms with van der Waals surface area (Å²) >= 11 is 0. The summed E-state index contributed by atoms with van der Waals surface area (Å²) < 4.78 is 5.02. The summed E-state index contributed by atoms with van der Waals surface area (Å²) in [7, 11) is 0. The summed E-state index contributed by atoms with van der Waals surface area (Å²) in [6.07, 6.45) is 2.72. The van der Waals surface area contributed by atoms with Crippen LogP contribution in [0.5, 0.6) is 0 Å². The van der Waals surface area contributed by atoms with E-state index in [-0.39, 0.29) is 42.3 Å². The molecule has 4 N–H and O–H groups in total. The Labute approximate surface area is 273 Å². The first-order valence-corrected chi connectivity index (χ1v) is 16.5. The Hall–Kier alpha value is -3.64. The van der Waals surface area contributed by atoms with Gasteiger partial charge in [0.05, 0.1) is 18.6 Å². The highest BCUT2D eigenvalue weighted by atomic mass is 16.6. The number of nitrogens with one attached hydrogen (secondary N) is 4. The van der Waals surface area contributed by atoms with Gasteiger partial charge < -0.3 is 35.8 Å². The smallest absolute Gasteiger partial charge is 0.410 e. The number of unbranched alkanes of at least 4 members (excludes halogenated alkanes) is 1. The molecule has 6 amide bonds. The first-order valence-electron chi connectivity index (χ1n) is 16.5. The maximum absolute atomic E-state index is 14.3. The lowest BCUT2D eigenvalue weighted by Gasteiger charge is -2.38. The van der Waals surface area contributed by atoms with Gasteiger partial charge in [0.15, 0.2) is 0 Å². The van der Waals surface area contributed by atoms with Crippen molar-refractivity contribution in [2.75, 3.05) is 32.8 Å². The van der Waals surface area contributed by atoms with Crippen LogP contribution in [0.3, 0.4) is 0 Å². The summed E-state index contributed by atoms with van der Waals surface area (Å²) in [5, 5.41) is 11.1. The second kappa shape index (κ2) is 14.8. The molecule has 0 aromatic heterocycles. The van der Waals surface area contributed by atoms with Gasteiger partial charge in [0, 0.05) is 19.6 Å². The van der Waals surface area contributed by atoms with Crippen molar-refractivity contribution in [2.24, 2.45) is 28.6 Å². The van der Waals surface area contributed by atoms with Crippen molar-refractivity contribution in [3.05, 3.63) is 12.7 Å². The molecule has 0 aromatic carbocycles. The van der Waals surface area contributed by atoms with E-state index in [1.54, 1.807) is 4.90 Å². The van der Waals surface area contributed by atoms with E-state index in [0.29, 0.717) is 32.5 Å². The zero-order chi connectivity index (χ0) is 34.6. The second-order valence-electron chi connectivity index (χ2n) is 14.8. The minimum absolute atomic E-state index is 0.00819. The van der Waals surface area contributed by atoms with Gasteiger partial charge >= 0.3 is 12.1 Å². The Kier molecular flexibility index (Phi) is 11.9. The van der Waals surface area contributed by atoms with Gasteiger partial charge in [-0.25, -0.2) is 9.59 Å². The van der Waals surface area contributed by atoms with Gasteiger partial charge in [-0.2, -0.15) is 0 Å². The molecule has 1 unspecified atom stereocenters. The van der Waals surface area contributed by atoms with Crippen LogP contribution >= 0.6 is 0 Å². The predicted octanol–water partition coefficient (Wildman–Crippen LogP) is 2.21. The van der Waals surface area contributed by atoms with Crippen molar-refractivity contribution >= 4 is 35.6 Å². The lowest BCUT2D eigenvalue weighted by atomic mass is 9.85. The van der Waals surface area contributed by atoms with Crippen LogP contribution in [0.2, 0.25) is 0 Å². The minimum atomic E-state index is -1.03. The van der Waals surface area contributed by atoms with Crippen molar-refractivity contribution < 1.29 is 33.5 Å². The fraction of sp³-hybridized carbons (Fsp3) is 0.758. The normalized spacial score (nSPS) is 23.5. The largest absolute Gasteiger partial charge is 0.448 e. The van der Waals surface area contributed by atoms with Crippen LogP contribution in [0.1, 0.15) is 74.7 Å². The third-order valence-corrected chi connectivity index (χ3v) is 9.64. The molecule has 2 heterocycles. The third kappa shape index (κ3) is 8.38. The number of likely N-dealkylation sites (tertiary alicyclic amines) is 1. The fourth-order valence-electron chi connectivity index (χ4n) is 6.57. The van der Waals surface area contributed by atoms with E-state index in [0.717, 1.165) is 6.42 Å². The number of rotatable bonds is 15. The molecule has 0 radical (unpaired) electrons. The quantitative estimate of drug-likeness (QED) is 0.156. The summed E-state index contributed by atoms with van der Waals surface area (Å²) in [6.45, 7) is 20.5. The molecule has 13 nitrogen and oxygen atoms in total. The number of cyclic esters (lactones) is 1. The van der Waals surface area contributed by atoms with Crippen LogP contribution in [-0.4, -0.2) is 102 Å². The molecule has 13 heteroatoms. The number of hydrogen-bond donors (Lipinski definition) is 4. The molecule has 1 aliphatic carbocycles. The number of ketones is 1. The zero-order valence-electron chi connectivity index (χ0n) is 28.7. The first kappa shape index (κ1) is 36.8. The Balaban J connectivity index is 1.80. The maximum atomic E-state index is 14.3. The van der Waals surface area contributed by atoms with E-state index in [2.05, 4.69) is 41.7 Å². The number of urea groups is 1. The number of amides is 6. The average molecular weight is 647 g/mol. The number of carbonyl (C=O) groups is 6. The number of Topliss-reactive ketones (excluding diaryl/α,β-unsaturated/α-hetero) is 1. The van der Waals surface area contributed by atoms with Crippen LogP contribution in [-0.2, 0) is 23.9 Å². The van der Waals surface area contributed by atoms with E-state index in [4.69, 9.17) is 4.74 Å². The molecule has 6 atom stereocenters. The van der Waals surface area contributed by atoms with Crippen molar-refractivity contribution in [3.63, 3.8) is 0 Å². The van der Waals surface area contributed by atoms with E-state index >= 15 is 0 Å². The van der Waals surface area contributed by atoms with Crippen molar-refractivity contribution in [1.29, 1.82) is 0 Å². The van der Waals surface area contributed by atoms with Crippen LogP contribution in [0.15, 0.2) is 12.7 Å². The van der Waals surface area contributed by atoms with E-state index in [1.807, 2.05) is 41.5 Å². The lowest BCUT2D eigenvalue weighted by Crippen LogP contribution is -2.62. The number of piperidine rings is 1. The van der Waals surface area contributed by atoms with Crippen molar-refractivity contribution in [2.45, 2.75) is 98.8 Å². The highest BCUT2D eigenvalue weighted by Crippen LogP contribution is 2.65. The van der Waals surface area contributed by atoms with Crippen LogP contribution < -0.4 is 21.3 Å². The Morgan fingerprint density at radius 2 is 1.78 bits per heavy atom. The third-order valence-electron chi connectivity index (χ3n) is 9.64. The van der Waals surface area contributed by atoms with Crippen LogP contribution in [0.4, 0.5) is 9.59 Å². The summed E-state index contributed by atoms with van der Waals surface area (Å²) in [5.41, 5.74) is -0.904.